The van der Waals surface area contributed by atoms with Gasteiger partial charge in [-0.3, -0.25) is 14.6 Å². The van der Waals surface area contributed by atoms with E-state index in [1.165, 1.54) is 30.5 Å². The van der Waals surface area contributed by atoms with E-state index in [0.29, 0.717) is 11.3 Å². The molecule has 4 rings (SSSR count). The largest absolute Gasteiger partial charge is 0.478 e. The van der Waals surface area contributed by atoms with Crippen LogP contribution < -0.4 is 10.6 Å². The summed E-state index contributed by atoms with van der Waals surface area (Å²) >= 11 is 0. The molecule has 0 atom stereocenters. The summed E-state index contributed by atoms with van der Waals surface area (Å²) < 4.78 is 0. The molecular weight excluding hydrogens is 430 g/mol. The van der Waals surface area contributed by atoms with Gasteiger partial charge in [-0.1, -0.05) is 36.4 Å². The van der Waals surface area contributed by atoms with Crippen LogP contribution >= 0.6 is 0 Å². The van der Waals surface area contributed by atoms with Crippen LogP contribution in [0, 0.1) is 0 Å². The summed E-state index contributed by atoms with van der Waals surface area (Å²) in [5.74, 6) is -2.17. The molecule has 3 aromatic carbocycles. The summed E-state index contributed by atoms with van der Waals surface area (Å²) in [4.78, 5) is 40.9. The molecular formula is C27H21N3O4. The lowest BCUT2D eigenvalue weighted by Gasteiger charge is -2.11. The minimum Gasteiger partial charge on any atom is -0.478 e. The first-order valence-electron chi connectivity index (χ1n) is 10.5. The minimum absolute atomic E-state index is 0.0268. The first-order valence-corrected chi connectivity index (χ1v) is 10.5. The lowest BCUT2D eigenvalue weighted by Crippen LogP contribution is -2.16. The zero-order chi connectivity index (χ0) is 24.1. The van der Waals surface area contributed by atoms with E-state index in [4.69, 9.17) is 0 Å². The van der Waals surface area contributed by atoms with Crippen molar-refractivity contribution < 1.29 is 19.5 Å². The molecule has 0 fully saturated rings. The number of nitrogens with zero attached hydrogens (tertiary/aromatic N) is 1. The van der Waals surface area contributed by atoms with Gasteiger partial charge in [0, 0.05) is 17.8 Å². The van der Waals surface area contributed by atoms with E-state index in [9.17, 15) is 19.5 Å². The highest BCUT2D eigenvalue weighted by atomic mass is 16.4. The van der Waals surface area contributed by atoms with Gasteiger partial charge in [0.05, 0.1) is 23.1 Å². The molecule has 34 heavy (non-hydrogen) atoms. The third-order valence-corrected chi connectivity index (χ3v) is 5.24. The normalized spacial score (nSPS) is 11.1. The van der Waals surface area contributed by atoms with Crippen molar-refractivity contribution >= 4 is 45.5 Å². The fraction of sp³-hybridized carbons (Fsp3) is 0.0370. The first kappa shape index (κ1) is 22.4. The number of hydrogen-bond donors (Lipinski definition) is 3. The van der Waals surface area contributed by atoms with Crippen molar-refractivity contribution in [1.82, 2.24) is 4.98 Å². The lowest BCUT2D eigenvalue weighted by atomic mass is 10.0. The monoisotopic (exact) mass is 451 g/mol. The average Bonchev–Trinajstić information content (AvgIpc) is 2.84. The Bertz CT molecular complexity index is 1430. The number of hydrogen-bond acceptors (Lipinski definition) is 4. The molecule has 4 aromatic rings. The summed E-state index contributed by atoms with van der Waals surface area (Å²) in [6.07, 6.45) is 4.48. The van der Waals surface area contributed by atoms with Gasteiger partial charge in [0.15, 0.2) is 0 Å². The fourth-order valence-corrected chi connectivity index (χ4v) is 3.50. The van der Waals surface area contributed by atoms with E-state index < -0.39 is 17.8 Å². The SMILES string of the molecule is C/C(=C/C(=O)Nc1cc(C(=O)Nc2cccnc2)ccc1C(=O)O)c1ccc2ccccc2c1. The predicted molar refractivity (Wildman–Crippen MR) is 132 cm³/mol. The minimum atomic E-state index is -1.22. The highest BCUT2D eigenvalue weighted by Gasteiger charge is 2.16. The number of amides is 2. The van der Waals surface area contributed by atoms with Crippen molar-refractivity contribution in [3.05, 3.63) is 108 Å². The Morgan fingerprint density at radius 2 is 1.62 bits per heavy atom. The number of benzene rings is 3. The molecule has 0 aliphatic rings. The maximum Gasteiger partial charge on any atom is 0.337 e. The van der Waals surface area contributed by atoms with E-state index in [0.717, 1.165) is 16.3 Å². The van der Waals surface area contributed by atoms with Crippen LogP contribution in [0.15, 0.2) is 91.3 Å². The third kappa shape index (κ3) is 5.16. The lowest BCUT2D eigenvalue weighted by molar-refractivity contribution is -0.111. The number of aromatic nitrogens is 1. The Hall–Kier alpha value is -4.78. The van der Waals surface area contributed by atoms with Crippen molar-refractivity contribution in [2.45, 2.75) is 6.92 Å². The van der Waals surface area contributed by atoms with Gasteiger partial charge in [-0.15, -0.1) is 0 Å². The highest BCUT2D eigenvalue weighted by Crippen LogP contribution is 2.23. The molecule has 7 nitrogen and oxygen atoms in total. The van der Waals surface area contributed by atoms with Gasteiger partial charge in [-0.25, -0.2) is 4.79 Å². The second kappa shape index (κ2) is 9.79. The van der Waals surface area contributed by atoms with Gasteiger partial charge in [0.25, 0.3) is 5.91 Å². The van der Waals surface area contributed by atoms with Crippen molar-refractivity contribution in [2.24, 2.45) is 0 Å². The highest BCUT2D eigenvalue weighted by molar-refractivity contribution is 6.10. The molecule has 2 amide bonds. The first-order chi connectivity index (χ1) is 16.4. The standard InChI is InChI=1S/C27H21N3O4/c1-17(19-9-8-18-5-2-3-6-20(18)14-19)13-25(31)30-24-15-21(10-11-23(24)27(33)34)26(32)29-22-7-4-12-28-16-22/h2-16H,1H3,(H,29,32)(H,30,31)(H,33,34)/b17-13-. The van der Waals surface area contributed by atoms with Crippen LogP contribution in [0.4, 0.5) is 11.4 Å². The number of aromatic carboxylic acids is 1. The smallest absolute Gasteiger partial charge is 0.337 e. The zero-order valence-electron chi connectivity index (χ0n) is 18.3. The van der Waals surface area contributed by atoms with Crippen LogP contribution in [0.25, 0.3) is 16.3 Å². The van der Waals surface area contributed by atoms with Gasteiger partial charge in [0.1, 0.15) is 0 Å². The van der Waals surface area contributed by atoms with Crippen LogP contribution in [0.2, 0.25) is 0 Å². The molecule has 0 unspecified atom stereocenters. The Morgan fingerprint density at radius 1 is 0.853 bits per heavy atom. The summed E-state index contributed by atoms with van der Waals surface area (Å²) in [5.41, 5.74) is 2.18. The number of pyridine rings is 1. The fourth-order valence-electron chi connectivity index (χ4n) is 3.50. The second-order valence-corrected chi connectivity index (χ2v) is 7.64. The van der Waals surface area contributed by atoms with E-state index >= 15 is 0 Å². The molecule has 7 heteroatoms. The van der Waals surface area contributed by atoms with E-state index in [1.807, 2.05) is 42.5 Å². The number of fused-ring (bicyclic) bond motifs is 1. The Labute approximate surface area is 195 Å². The summed E-state index contributed by atoms with van der Waals surface area (Å²) in [5, 5.41) is 17.0. The van der Waals surface area contributed by atoms with Gasteiger partial charge in [-0.2, -0.15) is 0 Å². The summed E-state index contributed by atoms with van der Waals surface area (Å²) in [6.45, 7) is 1.81. The van der Waals surface area contributed by atoms with Crippen molar-refractivity contribution in [3.63, 3.8) is 0 Å². The van der Waals surface area contributed by atoms with E-state index in [1.54, 1.807) is 25.3 Å². The molecule has 0 spiro atoms. The number of anilines is 2. The van der Waals surface area contributed by atoms with Crippen LogP contribution in [-0.2, 0) is 4.79 Å². The summed E-state index contributed by atoms with van der Waals surface area (Å²) in [6, 6.07) is 21.2. The maximum absolute atomic E-state index is 12.7. The molecule has 1 heterocycles. The number of carbonyl (C=O) groups excluding carboxylic acids is 2. The quantitative estimate of drug-likeness (QED) is 0.348. The zero-order valence-corrected chi connectivity index (χ0v) is 18.3. The molecule has 0 radical (unpaired) electrons. The number of carboxylic acids is 1. The van der Waals surface area contributed by atoms with Crippen LogP contribution in [0.1, 0.15) is 33.2 Å². The maximum atomic E-state index is 12.7. The molecule has 0 bridgehead atoms. The van der Waals surface area contributed by atoms with Gasteiger partial charge >= 0.3 is 5.97 Å². The summed E-state index contributed by atoms with van der Waals surface area (Å²) in [7, 11) is 0. The molecule has 0 aliphatic carbocycles. The van der Waals surface area contributed by atoms with Crippen LogP contribution in [0.3, 0.4) is 0 Å². The predicted octanol–water partition coefficient (Wildman–Crippen LogP) is 5.23. The van der Waals surface area contributed by atoms with E-state index in [2.05, 4.69) is 15.6 Å². The van der Waals surface area contributed by atoms with Gasteiger partial charge < -0.3 is 15.7 Å². The van der Waals surface area contributed by atoms with Crippen molar-refractivity contribution in [2.75, 3.05) is 10.6 Å². The Balaban J connectivity index is 1.57. The number of carbonyl (C=O) groups is 3. The van der Waals surface area contributed by atoms with Crippen molar-refractivity contribution in [3.8, 4) is 0 Å². The third-order valence-electron chi connectivity index (χ3n) is 5.24. The molecule has 3 N–H and O–H groups in total. The molecule has 168 valence electrons. The number of nitrogens with one attached hydrogen (secondary N) is 2. The molecule has 0 saturated carbocycles. The van der Waals surface area contributed by atoms with Crippen LogP contribution in [0.5, 0.6) is 0 Å². The Kier molecular flexibility index (Phi) is 6.45. The Morgan fingerprint density at radius 3 is 2.35 bits per heavy atom. The second-order valence-electron chi connectivity index (χ2n) is 7.64. The molecule has 0 aliphatic heterocycles. The van der Waals surface area contributed by atoms with Crippen LogP contribution in [-0.4, -0.2) is 27.9 Å². The average molecular weight is 451 g/mol. The van der Waals surface area contributed by atoms with Gasteiger partial charge in [0.2, 0.25) is 5.91 Å². The van der Waals surface area contributed by atoms with Crippen molar-refractivity contribution in [1.29, 1.82) is 0 Å². The van der Waals surface area contributed by atoms with Gasteiger partial charge in [-0.05, 0) is 65.2 Å². The number of rotatable bonds is 6. The molecule has 1 aromatic heterocycles. The number of allylic oxidation sites excluding steroid dienone is 1. The molecule has 0 saturated heterocycles. The number of carboxylic acid groups (broad SMARTS) is 1. The topological polar surface area (TPSA) is 108 Å². The van der Waals surface area contributed by atoms with E-state index in [-0.39, 0.29) is 16.8 Å².